The molecule has 10 heavy (non-hydrogen) atoms. The van der Waals surface area contributed by atoms with Gasteiger partial charge in [0, 0.05) is 12.3 Å². The van der Waals surface area contributed by atoms with Crippen LogP contribution >= 0.6 is 0 Å². The summed E-state index contributed by atoms with van der Waals surface area (Å²) in [6, 6.07) is 5.63. The number of hydrogen-bond donors (Lipinski definition) is 2. The number of nitrogens with zero attached hydrogens (tertiary/aromatic N) is 1. The first-order valence-electron chi connectivity index (χ1n) is 3.05. The van der Waals surface area contributed by atoms with Crippen molar-refractivity contribution in [3.05, 3.63) is 24.4 Å². The van der Waals surface area contributed by atoms with E-state index in [2.05, 4.69) is 9.97 Å². The van der Waals surface area contributed by atoms with Crippen molar-refractivity contribution in [2.45, 2.75) is 0 Å². The Morgan fingerprint density at radius 2 is 2.40 bits per heavy atom. The summed E-state index contributed by atoms with van der Waals surface area (Å²) in [6.07, 6.45) is 1.75. The van der Waals surface area contributed by atoms with Gasteiger partial charge in [-0.2, -0.15) is 0 Å². The zero-order valence-corrected chi connectivity index (χ0v) is 5.33. The molecule has 0 aromatic carbocycles. The van der Waals surface area contributed by atoms with Crippen LogP contribution in [0.15, 0.2) is 24.4 Å². The van der Waals surface area contributed by atoms with Gasteiger partial charge >= 0.3 is 0 Å². The van der Waals surface area contributed by atoms with E-state index in [0.717, 1.165) is 11.0 Å². The van der Waals surface area contributed by atoms with Crippen LogP contribution in [0, 0.1) is 0 Å². The second-order valence-electron chi connectivity index (χ2n) is 2.16. The van der Waals surface area contributed by atoms with Gasteiger partial charge in [0.2, 0.25) is 0 Å². The molecule has 50 valence electrons. The number of nitrogens with one attached hydrogen (secondary N) is 1. The van der Waals surface area contributed by atoms with Gasteiger partial charge < -0.3 is 10.7 Å². The van der Waals surface area contributed by atoms with Gasteiger partial charge in [0.1, 0.15) is 5.82 Å². The molecule has 2 aromatic rings. The highest BCUT2D eigenvalue weighted by atomic mass is 14.9. The highest BCUT2D eigenvalue weighted by Gasteiger charge is 1.94. The maximum Gasteiger partial charge on any atom is 0.103 e. The van der Waals surface area contributed by atoms with Gasteiger partial charge in [-0.1, -0.05) is 0 Å². The molecule has 0 aliphatic heterocycles. The molecule has 0 saturated carbocycles. The second kappa shape index (κ2) is 1.73. The van der Waals surface area contributed by atoms with Gasteiger partial charge in [-0.25, -0.2) is 0 Å². The minimum Gasteiger partial charge on any atom is -0.385 e. The number of pyridine rings is 1. The Balaban J connectivity index is 2.88. The summed E-state index contributed by atoms with van der Waals surface area (Å²) in [7, 11) is 0. The van der Waals surface area contributed by atoms with Crippen LogP contribution in [0.3, 0.4) is 0 Å². The molecule has 0 aliphatic rings. The second-order valence-corrected chi connectivity index (χ2v) is 2.16. The molecule has 2 rings (SSSR count). The Kier molecular flexibility index (Phi) is 0.917. The Hall–Kier alpha value is -1.51. The van der Waals surface area contributed by atoms with Crippen LogP contribution in [0.2, 0.25) is 0 Å². The Bertz CT molecular complexity index is 317. The Labute approximate surface area is 57.9 Å². The summed E-state index contributed by atoms with van der Waals surface area (Å²) in [6.45, 7) is 0. The lowest BCUT2D eigenvalue weighted by Gasteiger charge is -1.82. The summed E-state index contributed by atoms with van der Waals surface area (Å²) < 4.78 is 0. The first-order chi connectivity index (χ1) is 4.86. The van der Waals surface area contributed by atoms with Gasteiger partial charge in [-0.15, -0.1) is 0 Å². The molecule has 3 nitrogen and oxygen atoms in total. The van der Waals surface area contributed by atoms with Crippen molar-refractivity contribution in [1.82, 2.24) is 9.97 Å². The van der Waals surface area contributed by atoms with Gasteiger partial charge in [0.15, 0.2) is 0 Å². The third-order valence-corrected chi connectivity index (χ3v) is 1.41. The number of hydrogen-bond acceptors (Lipinski definition) is 2. The minimum atomic E-state index is 0.661. The minimum absolute atomic E-state index is 0.661. The molecule has 2 aromatic heterocycles. The predicted octanol–water partition coefficient (Wildman–Crippen LogP) is 1.15. The standard InChI is InChI=1S/C7H7N3/c8-7-4-6-5(10-7)2-1-3-9-6/h1-4,10H,8H2. The van der Waals surface area contributed by atoms with Gasteiger partial charge in [0.05, 0.1) is 11.0 Å². The molecule has 0 atom stereocenters. The van der Waals surface area contributed by atoms with E-state index < -0.39 is 0 Å². The number of fused-ring (bicyclic) bond motifs is 1. The SMILES string of the molecule is Nc1cc2ncccc2[nH]1. The van der Waals surface area contributed by atoms with E-state index in [1.807, 2.05) is 18.2 Å². The Morgan fingerprint density at radius 1 is 1.50 bits per heavy atom. The monoisotopic (exact) mass is 133 g/mol. The van der Waals surface area contributed by atoms with E-state index in [1.165, 1.54) is 0 Å². The zero-order valence-electron chi connectivity index (χ0n) is 5.33. The molecule has 0 saturated heterocycles. The molecule has 0 fully saturated rings. The number of nitrogens with two attached hydrogens (primary N) is 1. The van der Waals surface area contributed by atoms with E-state index >= 15 is 0 Å². The van der Waals surface area contributed by atoms with Crippen molar-refractivity contribution in [2.24, 2.45) is 0 Å². The molecule has 0 unspecified atom stereocenters. The molecule has 3 heteroatoms. The van der Waals surface area contributed by atoms with Crippen LogP contribution in [0.25, 0.3) is 11.0 Å². The number of anilines is 1. The summed E-state index contributed by atoms with van der Waals surface area (Å²) in [5, 5.41) is 0. The number of aromatic nitrogens is 2. The van der Waals surface area contributed by atoms with Crippen LogP contribution in [-0.2, 0) is 0 Å². The van der Waals surface area contributed by atoms with E-state index in [-0.39, 0.29) is 0 Å². The molecule has 0 radical (unpaired) electrons. The highest BCUT2D eigenvalue weighted by Crippen LogP contribution is 2.11. The lowest BCUT2D eigenvalue weighted by molar-refractivity contribution is 1.41. The number of aromatic amines is 1. The normalized spacial score (nSPS) is 10.4. The Morgan fingerprint density at radius 3 is 3.20 bits per heavy atom. The zero-order chi connectivity index (χ0) is 6.97. The first-order valence-corrected chi connectivity index (χ1v) is 3.05. The van der Waals surface area contributed by atoms with E-state index in [0.29, 0.717) is 5.82 Å². The largest absolute Gasteiger partial charge is 0.385 e. The van der Waals surface area contributed by atoms with Crippen molar-refractivity contribution in [3.8, 4) is 0 Å². The van der Waals surface area contributed by atoms with Crippen LogP contribution in [-0.4, -0.2) is 9.97 Å². The maximum absolute atomic E-state index is 5.50. The molecule has 0 bridgehead atoms. The summed E-state index contributed by atoms with van der Waals surface area (Å²) in [4.78, 5) is 7.06. The number of nitrogen functional groups attached to an aromatic ring is 1. The average molecular weight is 133 g/mol. The quantitative estimate of drug-likeness (QED) is 0.566. The lowest BCUT2D eigenvalue weighted by Crippen LogP contribution is -1.80. The fourth-order valence-corrected chi connectivity index (χ4v) is 0.977. The first kappa shape index (κ1) is 5.29. The van der Waals surface area contributed by atoms with Crippen LogP contribution in [0.4, 0.5) is 5.82 Å². The molecule has 2 heterocycles. The van der Waals surface area contributed by atoms with Crippen molar-refractivity contribution in [1.29, 1.82) is 0 Å². The summed E-state index contributed by atoms with van der Waals surface area (Å²) in [5.41, 5.74) is 7.40. The van der Waals surface area contributed by atoms with Crippen molar-refractivity contribution >= 4 is 16.9 Å². The van der Waals surface area contributed by atoms with Crippen LogP contribution in [0.5, 0.6) is 0 Å². The fourth-order valence-electron chi connectivity index (χ4n) is 0.977. The molecule has 3 N–H and O–H groups in total. The molecular formula is C7H7N3. The fraction of sp³-hybridized carbons (Fsp3) is 0. The van der Waals surface area contributed by atoms with Gasteiger partial charge in [0.25, 0.3) is 0 Å². The highest BCUT2D eigenvalue weighted by molar-refractivity contribution is 5.78. The third kappa shape index (κ3) is 0.639. The third-order valence-electron chi connectivity index (χ3n) is 1.41. The topological polar surface area (TPSA) is 54.7 Å². The van der Waals surface area contributed by atoms with E-state index in [1.54, 1.807) is 6.20 Å². The van der Waals surface area contributed by atoms with Crippen molar-refractivity contribution in [3.63, 3.8) is 0 Å². The van der Waals surface area contributed by atoms with Gasteiger partial charge in [-0.3, -0.25) is 4.98 Å². The maximum atomic E-state index is 5.50. The average Bonchev–Trinajstić information content (AvgIpc) is 2.27. The van der Waals surface area contributed by atoms with E-state index in [9.17, 15) is 0 Å². The van der Waals surface area contributed by atoms with E-state index in [4.69, 9.17) is 5.73 Å². The van der Waals surface area contributed by atoms with Crippen LogP contribution in [0.1, 0.15) is 0 Å². The molecule has 0 aliphatic carbocycles. The molecule has 0 spiro atoms. The van der Waals surface area contributed by atoms with Crippen LogP contribution < -0.4 is 5.73 Å². The lowest BCUT2D eigenvalue weighted by atomic mass is 10.4. The number of H-pyrrole nitrogens is 1. The number of rotatable bonds is 0. The summed E-state index contributed by atoms with van der Waals surface area (Å²) in [5.74, 6) is 0.661. The van der Waals surface area contributed by atoms with Gasteiger partial charge in [-0.05, 0) is 12.1 Å². The smallest absolute Gasteiger partial charge is 0.103 e. The predicted molar refractivity (Wildman–Crippen MR) is 40.5 cm³/mol. The summed E-state index contributed by atoms with van der Waals surface area (Å²) >= 11 is 0. The molecular weight excluding hydrogens is 126 g/mol. The van der Waals surface area contributed by atoms with Crippen molar-refractivity contribution in [2.75, 3.05) is 5.73 Å². The molecule has 0 amide bonds. The van der Waals surface area contributed by atoms with Crippen molar-refractivity contribution < 1.29 is 0 Å².